The maximum absolute atomic E-state index is 13.7. The summed E-state index contributed by atoms with van der Waals surface area (Å²) in [4.78, 5) is 17.2. The van der Waals surface area contributed by atoms with Crippen LogP contribution in [0.5, 0.6) is 0 Å². The second-order valence-electron chi connectivity index (χ2n) is 5.80. The second-order valence-corrected chi connectivity index (χ2v) is 7.05. The second kappa shape index (κ2) is 9.93. The lowest BCUT2D eigenvalue weighted by molar-refractivity contribution is 0.00704. The highest BCUT2D eigenvalue weighted by atomic mass is 127. The van der Waals surface area contributed by atoms with Crippen molar-refractivity contribution in [3.05, 3.63) is 56.7 Å². The first-order valence-corrected chi connectivity index (χ1v) is 9.13. The molecular weight excluding hydrogens is 473 g/mol. The molecule has 2 rings (SSSR count). The van der Waals surface area contributed by atoms with Gasteiger partial charge in [-0.05, 0) is 59.3 Å². The van der Waals surface area contributed by atoms with Gasteiger partial charge in [0.1, 0.15) is 0 Å². The molecule has 0 heterocycles. The molecule has 1 amide bonds. The summed E-state index contributed by atoms with van der Waals surface area (Å²) in [5.74, 6) is -3.04. The lowest BCUT2D eigenvalue weighted by Gasteiger charge is -2.15. The molecule has 0 aliphatic rings. The van der Waals surface area contributed by atoms with Crippen LogP contribution in [0.25, 0.3) is 0 Å². The molecule has 1 unspecified atom stereocenters. The van der Waals surface area contributed by atoms with E-state index in [-0.39, 0.29) is 24.3 Å². The quantitative estimate of drug-likeness (QED) is 0.259. The third-order valence-electron chi connectivity index (χ3n) is 3.69. The Labute approximate surface area is 168 Å². The molecule has 146 valence electrons. The fourth-order valence-electron chi connectivity index (χ4n) is 2.21. The Morgan fingerprint density at radius 1 is 1.22 bits per heavy atom. The maximum atomic E-state index is 13.7. The van der Waals surface area contributed by atoms with Crippen molar-refractivity contribution in [3.8, 4) is 0 Å². The molecular formula is C18H19F2IN2O4. The molecule has 6 nitrogen and oxygen atoms in total. The van der Waals surface area contributed by atoms with Gasteiger partial charge in [-0.2, -0.15) is 0 Å². The highest BCUT2D eigenvalue weighted by molar-refractivity contribution is 14.1. The van der Waals surface area contributed by atoms with Crippen LogP contribution in [-0.2, 0) is 4.84 Å². The van der Waals surface area contributed by atoms with Crippen LogP contribution in [0, 0.1) is 22.1 Å². The minimum atomic E-state index is -1.17. The zero-order valence-corrected chi connectivity index (χ0v) is 16.6. The number of halogens is 3. The van der Waals surface area contributed by atoms with Crippen LogP contribution in [0.15, 0.2) is 30.3 Å². The fraction of sp³-hybridized carbons (Fsp3) is 0.278. The topological polar surface area (TPSA) is 90.8 Å². The van der Waals surface area contributed by atoms with Gasteiger partial charge in [0.05, 0.1) is 30.6 Å². The third-order valence-corrected chi connectivity index (χ3v) is 4.36. The smallest absolute Gasteiger partial charge is 0.277 e. The van der Waals surface area contributed by atoms with Gasteiger partial charge in [-0.1, -0.05) is 0 Å². The molecule has 2 aromatic rings. The average Bonchev–Trinajstić information content (AvgIpc) is 2.63. The van der Waals surface area contributed by atoms with Gasteiger partial charge in [0.25, 0.3) is 5.91 Å². The SMILES string of the molecule is Cc1cc(I)ccc1Nc1cc(F)c(F)cc1C(=O)NOCCC(O)CO. The van der Waals surface area contributed by atoms with Crippen LogP contribution in [0.4, 0.5) is 20.2 Å². The van der Waals surface area contributed by atoms with E-state index in [9.17, 15) is 18.7 Å². The number of carbonyl (C=O) groups excluding carboxylic acids is 1. The van der Waals surface area contributed by atoms with Crippen molar-refractivity contribution < 1.29 is 28.6 Å². The van der Waals surface area contributed by atoms with Crippen molar-refractivity contribution >= 4 is 39.9 Å². The fourth-order valence-corrected chi connectivity index (χ4v) is 2.86. The average molecular weight is 492 g/mol. The molecule has 0 aromatic heterocycles. The van der Waals surface area contributed by atoms with Gasteiger partial charge in [0.15, 0.2) is 11.6 Å². The molecule has 0 radical (unpaired) electrons. The predicted octanol–water partition coefficient (Wildman–Crippen LogP) is 3.03. The van der Waals surface area contributed by atoms with E-state index in [1.54, 1.807) is 6.07 Å². The summed E-state index contributed by atoms with van der Waals surface area (Å²) in [7, 11) is 0. The number of carbonyl (C=O) groups is 1. The molecule has 0 bridgehead atoms. The van der Waals surface area contributed by atoms with E-state index >= 15 is 0 Å². The summed E-state index contributed by atoms with van der Waals surface area (Å²) >= 11 is 2.15. The van der Waals surface area contributed by atoms with Crippen LogP contribution in [-0.4, -0.2) is 35.4 Å². The zero-order valence-electron chi connectivity index (χ0n) is 14.4. The number of amides is 1. The normalized spacial score (nSPS) is 11.9. The number of rotatable bonds is 8. The predicted molar refractivity (Wildman–Crippen MR) is 105 cm³/mol. The van der Waals surface area contributed by atoms with E-state index in [0.717, 1.165) is 21.3 Å². The Morgan fingerprint density at radius 3 is 2.59 bits per heavy atom. The van der Waals surface area contributed by atoms with Crippen LogP contribution in [0.3, 0.4) is 0 Å². The molecule has 27 heavy (non-hydrogen) atoms. The summed E-state index contributed by atoms with van der Waals surface area (Å²) in [6.07, 6.45) is -0.868. The number of hydrogen-bond donors (Lipinski definition) is 4. The lowest BCUT2D eigenvalue weighted by Crippen LogP contribution is -2.27. The van der Waals surface area contributed by atoms with Gasteiger partial charge in [-0.15, -0.1) is 0 Å². The Balaban J connectivity index is 2.17. The molecule has 0 saturated heterocycles. The number of anilines is 2. The Kier molecular flexibility index (Phi) is 7.90. The van der Waals surface area contributed by atoms with Gasteiger partial charge in [-0.3, -0.25) is 9.63 Å². The summed E-state index contributed by atoms with van der Waals surface area (Å²) in [5, 5.41) is 20.9. The van der Waals surface area contributed by atoms with Gasteiger partial charge < -0.3 is 15.5 Å². The number of hydrogen-bond acceptors (Lipinski definition) is 5. The highest BCUT2D eigenvalue weighted by Gasteiger charge is 2.17. The Hall–Kier alpha value is -1.82. The zero-order chi connectivity index (χ0) is 20.0. The number of benzene rings is 2. The molecule has 0 aliphatic heterocycles. The summed E-state index contributed by atoms with van der Waals surface area (Å²) in [6, 6.07) is 7.19. The van der Waals surface area contributed by atoms with Crippen LogP contribution >= 0.6 is 22.6 Å². The van der Waals surface area contributed by atoms with Crippen molar-refractivity contribution in [1.82, 2.24) is 5.48 Å². The van der Waals surface area contributed by atoms with Gasteiger partial charge in [0.2, 0.25) is 0 Å². The van der Waals surface area contributed by atoms with Gasteiger partial charge >= 0.3 is 0 Å². The van der Waals surface area contributed by atoms with Crippen LogP contribution < -0.4 is 10.8 Å². The third kappa shape index (κ3) is 6.09. The van der Waals surface area contributed by atoms with Crippen molar-refractivity contribution in [2.75, 3.05) is 18.5 Å². The summed E-state index contributed by atoms with van der Waals surface area (Å²) in [6.45, 7) is 1.36. The molecule has 4 N–H and O–H groups in total. The Morgan fingerprint density at radius 2 is 1.93 bits per heavy atom. The number of aliphatic hydroxyl groups is 2. The van der Waals surface area contributed by atoms with Crippen molar-refractivity contribution in [3.63, 3.8) is 0 Å². The summed E-state index contributed by atoms with van der Waals surface area (Å²) in [5.41, 5.74) is 3.56. The number of aryl methyl sites for hydroxylation is 1. The van der Waals surface area contributed by atoms with Crippen LogP contribution in [0.1, 0.15) is 22.3 Å². The van der Waals surface area contributed by atoms with Gasteiger partial charge in [-0.25, -0.2) is 14.3 Å². The first-order valence-electron chi connectivity index (χ1n) is 8.05. The largest absolute Gasteiger partial charge is 0.394 e. The minimum Gasteiger partial charge on any atom is -0.394 e. The molecule has 2 aromatic carbocycles. The van der Waals surface area contributed by atoms with E-state index in [2.05, 4.69) is 33.4 Å². The number of aliphatic hydroxyl groups excluding tert-OH is 2. The number of hydroxylamine groups is 1. The van der Waals surface area contributed by atoms with E-state index in [4.69, 9.17) is 9.94 Å². The lowest BCUT2D eigenvalue weighted by atomic mass is 10.1. The Bertz CT molecular complexity index is 820. The van der Waals surface area contributed by atoms with E-state index in [0.29, 0.717) is 5.69 Å². The standard InChI is InChI=1S/C18H19F2IN2O4/c1-10-6-11(21)2-3-16(10)22-17-8-15(20)14(19)7-13(17)18(26)23-27-5-4-12(25)9-24/h2-3,6-8,12,22,24-25H,4-5,9H2,1H3,(H,23,26). The van der Waals surface area contributed by atoms with E-state index in [1.165, 1.54) is 0 Å². The minimum absolute atomic E-state index is 0.0594. The molecule has 1 atom stereocenters. The van der Waals surface area contributed by atoms with Crippen molar-refractivity contribution in [2.24, 2.45) is 0 Å². The van der Waals surface area contributed by atoms with Crippen LogP contribution in [0.2, 0.25) is 0 Å². The van der Waals surface area contributed by atoms with Gasteiger partial charge in [0, 0.05) is 21.7 Å². The van der Waals surface area contributed by atoms with Crippen molar-refractivity contribution in [2.45, 2.75) is 19.4 Å². The van der Waals surface area contributed by atoms with E-state index < -0.39 is 30.3 Å². The molecule has 0 aliphatic carbocycles. The first kappa shape index (κ1) is 21.5. The highest BCUT2D eigenvalue weighted by Crippen LogP contribution is 2.27. The van der Waals surface area contributed by atoms with E-state index in [1.807, 2.05) is 19.1 Å². The molecule has 0 fully saturated rings. The maximum Gasteiger partial charge on any atom is 0.277 e. The molecule has 0 saturated carbocycles. The first-order chi connectivity index (χ1) is 12.8. The molecule has 0 spiro atoms. The monoisotopic (exact) mass is 492 g/mol. The summed E-state index contributed by atoms with van der Waals surface area (Å²) < 4.78 is 28.4. The number of nitrogens with one attached hydrogen (secondary N) is 2. The van der Waals surface area contributed by atoms with Crippen molar-refractivity contribution in [1.29, 1.82) is 0 Å². The molecule has 9 heteroatoms.